The maximum atomic E-state index is 10.00. The fourth-order valence-electron chi connectivity index (χ4n) is 0.769. The molecule has 1 rings (SSSR count). The number of thiol groups is 1. The molecule has 5 nitrogen and oxygen atoms in total. The van der Waals surface area contributed by atoms with Gasteiger partial charge in [0.15, 0.2) is 0 Å². The van der Waals surface area contributed by atoms with E-state index in [1.807, 2.05) is 0 Å². The maximum absolute atomic E-state index is 10.00. The number of rotatable bonds is 4. The predicted octanol–water partition coefficient (Wildman–Crippen LogP) is 0.181. The molecule has 0 bridgehead atoms. The van der Waals surface area contributed by atoms with E-state index in [4.69, 9.17) is 5.73 Å². The second-order valence-corrected chi connectivity index (χ2v) is 3.00. The van der Waals surface area contributed by atoms with Gasteiger partial charge in [0.2, 0.25) is 0 Å². The molecule has 0 saturated heterocycles. The largest absolute Gasteiger partial charge is 0.399 e. The number of nitrogens with one attached hydrogen (secondary N) is 1. The van der Waals surface area contributed by atoms with Crippen molar-refractivity contribution >= 4 is 22.4 Å². The molecule has 0 unspecified atom stereocenters. The van der Waals surface area contributed by atoms with Crippen molar-refractivity contribution in [2.45, 2.75) is 0 Å². The molecule has 72 valence electrons. The Morgan fingerprint density at radius 3 is 2.46 bits per heavy atom. The van der Waals surface area contributed by atoms with Crippen LogP contribution in [0.15, 0.2) is 24.3 Å². The van der Waals surface area contributed by atoms with Crippen LogP contribution in [0.25, 0.3) is 0 Å². The Labute approximate surface area is 77.7 Å². The summed E-state index contributed by atoms with van der Waals surface area (Å²) in [5, 5.41) is 2.74. The number of benzene rings is 1. The highest BCUT2D eigenvalue weighted by atomic mass is 32.2. The molecule has 0 aliphatic rings. The number of nitrogen functional groups attached to an aromatic ring is 1. The summed E-state index contributed by atoms with van der Waals surface area (Å²) < 4.78 is 24.3. The molecule has 0 aromatic heterocycles. The smallest absolute Gasteiger partial charge is 0.258 e. The quantitative estimate of drug-likeness (QED) is 0.368. The van der Waals surface area contributed by atoms with E-state index in [0.717, 1.165) is 5.69 Å². The zero-order valence-corrected chi connectivity index (χ0v) is 7.66. The van der Waals surface area contributed by atoms with Gasteiger partial charge >= 0.3 is 0 Å². The third kappa shape index (κ3) is 3.77. The van der Waals surface area contributed by atoms with Crippen molar-refractivity contribution in [1.29, 1.82) is 0 Å². The van der Waals surface area contributed by atoms with Gasteiger partial charge in [0.05, 0.1) is 0 Å². The lowest BCUT2D eigenvalue weighted by Crippen LogP contribution is -2.04. The Bertz CT molecular complexity index is 326. The Hall–Kier alpha value is -1.27. The van der Waals surface area contributed by atoms with Gasteiger partial charge in [0.25, 0.3) is 11.0 Å². The third-order valence-electron chi connectivity index (χ3n) is 1.36. The molecular weight excluding hydrogens is 192 g/mol. The lowest BCUT2D eigenvalue weighted by molar-refractivity contribution is 0.360. The van der Waals surface area contributed by atoms with Crippen LogP contribution in [0.3, 0.4) is 0 Å². The van der Waals surface area contributed by atoms with Crippen molar-refractivity contribution in [1.82, 2.24) is 0 Å². The predicted molar refractivity (Wildman–Crippen MR) is 50.7 cm³/mol. The summed E-state index contributed by atoms with van der Waals surface area (Å²) >= 11 is 0. The van der Waals surface area contributed by atoms with Crippen molar-refractivity contribution in [3.05, 3.63) is 24.3 Å². The topological polar surface area (TPSA) is 81.4 Å². The van der Waals surface area contributed by atoms with Crippen LogP contribution in [0.4, 0.5) is 11.4 Å². The summed E-state index contributed by atoms with van der Waals surface area (Å²) in [7, 11) is -2.79. The molecule has 6 heteroatoms. The highest BCUT2D eigenvalue weighted by molar-refractivity contribution is 7.67. The van der Waals surface area contributed by atoms with Gasteiger partial charge in [-0.15, -0.1) is 0 Å². The fourth-order valence-corrected chi connectivity index (χ4v) is 0.939. The first-order valence-electron chi connectivity index (χ1n) is 3.55. The molecule has 0 heterocycles. The molecule has 0 aliphatic heterocycles. The number of anilines is 2. The second-order valence-electron chi connectivity index (χ2n) is 2.30. The van der Waals surface area contributed by atoms with Crippen LogP contribution in [0.2, 0.25) is 0 Å². The summed E-state index contributed by atoms with van der Waals surface area (Å²) in [4.78, 5) is 0. The lowest BCUT2D eigenvalue weighted by atomic mass is 10.3. The summed E-state index contributed by atoms with van der Waals surface area (Å²) in [5.41, 5.74) is 6.86. The first-order chi connectivity index (χ1) is 6.18. The fraction of sp³-hybridized carbons (Fsp3) is 0.143. The molecule has 0 atom stereocenters. The first kappa shape index (κ1) is 9.82. The van der Waals surface area contributed by atoms with Crippen molar-refractivity contribution in [3.63, 3.8) is 0 Å². The molecule has 0 radical (unpaired) electrons. The van der Waals surface area contributed by atoms with E-state index >= 15 is 0 Å². The van der Waals surface area contributed by atoms with Crippen LogP contribution in [-0.2, 0) is 15.2 Å². The van der Waals surface area contributed by atoms with Crippen molar-refractivity contribution in [2.24, 2.45) is 0 Å². The van der Waals surface area contributed by atoms with Crippen LogP contribution in [0, 0.1) is 0 Å². The van der Waals surface area contributed by atoms with Crippen molar-refractivity contribution < 1.29 is 12.6 Å². The van der Waals surface area contributed by atoms with E-state index in [1.165, 1.54) is 0 Å². The molecule has 0 spiro atoms. The van der Waals surface area contributed by atoms with Gasteiger partial charge in [0.1, 0.15) is 6.73 Å². The highest BCUT2D eigenvalue weighted by Gasteiger charge is 1.90. The Kier molecular flexibility index (Phi) is 3.53. The Morgan fingerprint density at radius 2 is 1.92 bits per heavy atom. The van der Waals surface area contributed by atoms with E-state index in [9.17, 15) is 8.42 Å². The minimum atomic E-state index is -2.79. The van der Waals surface area contributed by atoms with Gasteiger partial charge in [-0.2, -0.15) is 0 Å². The minimum Gasteiger partial charge on any atom is -0.399 e. The zero-order chi connectivity index (χ0) is 9.68. The van der Waals surface area contributed by atoms with Crippen LogP contribution >= 0.6 is 0 Å². The van der Waals surface area contributed by atoms with E-state index < -0.39 is 11.0 Å². The van der Waals surface area contributed by atoms with Gasteiger partial charge in [-0.05, 0) is 24.3 Å². The van der Waals surface area contributed by atoms with Crippen LogP contribution in [-0.4, -0.2) is 15.1 Å². The van der Waals surface area contributed by atoms with Crippen LogP contribution in [0.5, 0.6) is 0 Å². The van der Waals surface area contributed by atoms with Gasteiger partial charge in [-0.1, -0.05) is 0 Å². The van der Waals surface area contributed by atoms with E-state index in [0.29, 0.717) is 5.69 Å². The SMILES string of the molecule is Nc1ccc(NCO[SH](=O)=O)cc1. The number of nitrogens with two attached hydrogens (primary N) is 1. The molecule has 0 aliphatic carbocycles. The van der Waals surface area contributed by atoms with Crippen molar-refractivity contribution in [3.8, 4) is 0 Å². The molecule has 0 saturated carbocycles. The average Bonchev–Trinajstić information content (AvgIpc) is 2.08. The molecular formula is C7H10N2O3S. The third-order valence-corrected chi connectivity index (χ3v) is 1.70. The highest BCUT2D eigenvalue weighted by Crippen LogP contribution is 2.09. The summed E-state index contributed by atoms with van der Waals surface area (Å²) in [6.45, 7) is -0.0668. The van der Waals surface area contributed by atoms with E-state index in [2.05, 4.69) is 9.50 Å². The van der Waals surface area contributed by atoms with Crippen LogP contribution < -0.4 is 11.1 Å². The van der Waals surface area contributed by atoms with E-state index in [1.54, 1.807) is 24.3 Å². The Morgan fingerprint density at radius 1 is 1.31 bits per heavy atom. The molecule has 1 aromatic carbocycles. The molecule has 3 N–H and O–H groups in total. The van der Waals surface area contributed by atoms with Gasteiger partial charge in [-0.25, -0.2) is 8.42 Å². The summed E-state index contributed by atoms with van der Waals surface area (Å²) in [6.07, 6.45) is 0. The first-order valence-corrected chi connectivity index (χ1v) is 4.65. The summed E-state index contributed by atoms with van der Waals surface area (Å²) in [5.74, 6) is 0. The molecule has 13 heavy (non-hydrogen) atoms. The minimum absolute atomic E-state index is 0.0668. The lowest BCUT2D eigenvalue weighted by Gasteiger charge is -2.03. The normalized spacial score (nSPS) is 10.2. The Balaban J connectivity index is 2.41. The molecule has 0 amide bonds. The average molecular weight is 202 g/mol. The maximum Gasteiger partial charge on any atom is 0.258 e. The van der Waals surface area contributed by atoms with E-state index in [-0.39, 0.29) is 6.73 Å². The number of hydrogen-bond donors (Lipinski definition) is 3. The van der Waals surface area contributed by atoms with Crippen LogP contribution in [0.1, 0.15) is 0 Å². The molecule has 1 aromatic rings. The standard InChI is InChI=1S/C7H10N2O3S/c8-6-1-3-7(4-2-6)9-5-12-13(10)11/h1-4,9,13H,5,8H2. The van der Waals surface area contributed by atoms with Gasteiger partial charge in [0, 0.05) is 11.4 Å². The van der Waals surface area contributed by atoms with Gasteiger partial charge in [-0.3, -0.25) is 4.18 Å². The van der Waals surface area contributed by atoms with Crippen molar-refractivity contribution in [2.75, 3.05) is 17.8 Å². The number of hydrogen-bond acceptors (Lipinski definition) is 5. The van der Waals surface area contributed by atoms with Gasteiger partial charge < -0.3 is 11.1 Å². The summed E-state index contributed by atoms with van der Waals surface area (Å²) in [6, 6.07) is 6.88. The molecule has 0 fully saturated rings. The monoisotopic (exact) mass is 202 g/mol. The second kappa shape index (κ2) is 4.68. The zero-order valence-electron chi connectivity index (χ0n) is 6.77.